The highest BCUT2D eigenvalue weighted by Gasteiger charge is 2.02. The van der Waals surface area contributed by atoms with Crippen LogP contribution in [0.3, 0.4) is 0 Å². The first-order valence-corrected chi connectivity index (χ1v) is 3.82. The van der Waals surface area contributed by atoms with Crippen LogP contribution in [0, 0.1) is 13.8 Å². The normalized spacial score (nSPS) is 10.2. The topological polar surface area (TPSA) is 55.1 Å². The van der Waals surface area contributed by atoms with Crippen LogP contribution in [-0.4, -0.2) is 20.9 Å². The second-order valence-electron chi connectivity index (χ2n) is 2.79. The van der Waals surface area contributed by atoms with Crippen molar-refractivity contribution in [2.24, 2.45) is 0 Å². The van der Waals surface area contributed by atoms with Crippen molar-refractivity contribution < 1.29 is 9.90 Å². The van der Waals surface area contributed by atoms with Crippen molar-refractivity contribution in [3.63, 3.8) is 0 Å². The Morgan fingerprint density at radius 3 is 2.75 bits per heavy atom. The third-order valence-corrected chi connectivity index (χ3v) is 1.64. The number of hydrogen-bond donors (Lipinski definition) is 1. The molecule has 4 nitrogen and oxygen atoms in total. The molecule has 0 radical (unpaired) electrons. The number of hydrogen-bond acceptors (Lipinski definition) is 2. The summed E-state index contributed by atoms with van der Waals surface area (Å²) in [6, 6.07) is 1.93. The van der Waals surface area contributed by atoms with E-state index in [9.17, 15) is 4.79 Å². The van der Waals surface area contributed by atoms with E-state index in [1.54, 1.807) is 4.68 Å². The molecule has 1 N–H and O–H groups in total. The van der Waals surface area contributed by atoms with Crippen LogP contribution in [0.4, 0.5) is 0 Å². The predicted molar refractivity (Wildman–Crippen MR) is 44.0 cm³/mol. The Morgan fingerprint density at radius 1 is 1.67 bits per heavy atom. The van der Waals surface area contributed by atoms with E-state index in [2.05, 4.69) is 5.10 Å². The molecule has 0 atom stereocenters. The molecular formula is C8H12N2O2. The summed E-state index contributed by atoms with van der Waals surface area (Å²) >= 11 is 0. The highest BCUT2D eigenvalue weighted by Crippen LogP contribution is 2.02. The molecule has 0 aromatic carbocycles. The van der Waals surface area contributed by atoms with Gasteiger partial charge in [-0.05, 0) is 19.9 Å². The van der Waals surface area contributed by atoms with Crippen molar-refractivity contribution in [2.45, 2.75) is 26.8 Å². The lowest BCUT2D eigenvalue weighted by molar-refractivity contribution is -0.137. The Kier molecular flexibility index (Phi) is 2.47. The molecule has 66 valence electrons. The van der Waals surface area contributed by atoms with Gasteiger partial charge in [0.05, 0.1) is 18.7 Å². The molecule has 0 amide bonds. The summed E-state index contributed by atoms with van der Waals surface area (Å²) in [6.07, 6.45) is 0.127. The summed E-state index contributed by atoms with van der Waals surface area (Å²) in [5.74, 6) is -0.789. The fourth-order valence-electron chi connectivity index (χ4n) is 1.10. The Labute approximate surface area is 70.8 Å². The van der Waals surface area contributed by atoms with Crippen LogP contribution in [0.25, 0.3) is 0 Å². The van der Waals surface area contributed by atoms with Crippen molar-refractivity contribution in [3.05, 3.63) is 17.5 Å². The van der Waals surface area contributed by atoms with Crippen LogP contribution >= 0.6 is 0 Å². The Morgan fingerprint density at radius 2 is 2.33 bits per heavy atom. The second-order valence-corrected chi connectivity index (χ2v) is 2.79. The van der Waals surface area contributed by atoms with E-state index in [4.69, 9.17) is 5.11 Å². The molecule has 1 aromatic rings. The number of carboxylic acid groups (broad SMARTS) is 1. The molecule has 0 saturated heterocycles. The highest BCUT2D eigenvalue weighted by atomic mass is 16.4. The number of aromatic nitrogens is 2. The van der Waals surface area contributed by atoms with Crippen LogP contribution in [0.5, 0.6) is 0 Å². The maximum atomic E-state index is 10.2. The molecule has 0 unspecified atom stereocenters. The minimum atomic E-state index is -0.789. The molecule has 1 rings (SSSR count). The molecule has 1 aromatic heterocycles. The maximum absolute atomic E-state index is 10.2. The second kappa shape index (κ2) is 3.38. The zero-order valence-electron chi connectivity index (χ0n) is 7.24. The van der Waals surface area contributed by atoms with Gasteiger partial charge < -0.3 is 5.11 Å². The van der Waals surface area contributed by atoms with Gasteiger partial charge in [0.25, 0.3) is 0 Å². The van der Waals surface area contributed by atoms with Crippen molar-refractivity contribution in [2.75, 3.05) is 0 Å². The molecule has 0 fully saturated rings. The first-order chi connectivity index (χ1) is 5.59. The summed E-state index contributed by atoms with van der Waals surface area (Å²) in [5.41, 5.74) is 1.94. The average molecular weight is 168 g/mol. The van der Waals surface area contributed by atoms with Gasteiger partial charge in [0, 0.05) is 5.69 Å². The summed E-state index contributed by atoms with van der Waals surface area (Å²) in [5, 5.41) is 12.6. The molecule has 0 aliphatic carbocycles. The minimum absolute atomic E-state index is 0.127. The fraction of sp³-hybridized carbons (Fsp3) is 0.500. The van der Waals surface area contributed by atoms with E-state index in [0.29, 0.717) is 6.54 Å². The van der Waals surface area contributed by atoms with Crippen LogP contribution in [-0.2, 0) is 11.3 Å². The van der Waals surface area contributed by atoms with Crippen molar-refractivity contribution in [3.8, 4) is 0 Å². The van der Waals surface area contributed by atoms with Crippen molar-refractivity contribution in [1.29, 1.82) is 0 Å². The smallest absolute Gasteiger partial charge is 0.305 e. The van der Waals surface area contributed by atoms with Crippen LogP contribution in [0.1, 0.15) is 17.8 Å². The third-order valence-electron chi connectivity index (χ3n) is 1.64. The lowest BCUT2D eigenvalue weighted by atomic mass is 10.4. The van der Waals surface area contributed by atoms with Gasteiger partial charge in [-0.2, -0.15) is 5.10 Å². The van der Waals surface area contributed by atoms with E-state index in [1.165, 1.54) is 0 Å². The van der Waals surface area contributed by atoms with Gasteiger partial charge in [0.2, 0.25) is 0 Å². The molecule has 4 heteroatoms. The van der Waals surface area contributed by atoms with Gasteiger partial charge in [-0.1, -0.05) is 0 Å². The van der Waals surface area contributed by atoms with Gasteiger partial charge in [-0.15, -0.1) is 0 Å². The van der Waals surface area contributed by atoms with Crippen LogP contribution in [0.15, 0.2) is 6.07 Å². The molecule has 0 aliphatic heterocycles. The zero-order valence-corrected chi connectivity index (χ0v) is 7.24. The third kappa shape index (κ3) is 2.08. The SMILES string of the molecule is Cc1cc(C)n(CCC(=O)O)n1. The molecule has 0 spiro atoms. The summed E-state index contributed by atoms with van der Waals surface area (Å²) in [4.78, 5) is 10.2. The van der Waals surface area contributed by atoms with Crippen molar-refractivity contribution in [1.82, 2.24) is 9.78 Å². The molecule has 0 saturated carbocycles. The Hall–Kier alpha value is -1.32. The van der Waals surface area contributed by atoms with Gasteiger partial charge >= 0.3 is 5.97 Å². The highest BCUT2D eigenvalue weighted by molar-refractivity contribution is 5.66. The Balaban J connectivity index is 2.62. The molecule has 12 heavy (non-hydrogen) atoms. The summed E-state index contributed by atoms with van der Waals surface area (Å²) < 4.78 is 1.71. The number of carboxylic acids is 1. The summed E-state index contributed by atoms with van der Waals surface area (Å²) in [7, 11) is 0. The quantitative estimate of drug-likeness (QED) is 0.731. The van der Waals surface area contributed by atoms with E-state index in [0.717, 1.165) is 11.4 Å². The van der Waals surface area contributed by atoms with Crippen LogP contribution in [0.2, 0.25) is 0 Å². The maximum Gasteiger partial charge on any atom is 0.305 e. The lowest BCUT2D eigenvalue weighted by Crippen LogP contribution is -2.07. The van der Waals surface area contributed by atoms with Crippen LogP contribution < -0.4 is 0 Å². The van der Waals surface area contributed by atoms with E-state index >= 15 is 0 Å². The first-order valence-electron chi connectivity index (χ1n) is 3.82. The zero-order chi connectivity index (χ0) is 9.14. The molecule has 0 bridgehead atoms. The number of aryl methyl sites for hydroxylation is 3. The van der Waals surface area contributed by atoms with Gasteiger partial charge in [0.1, 0.15) is 0 Å². The number of nitrogens with zero attached hydrogens (tertiary/aromatic N) is 2. The summed E-state index contributed by atoms with van der Waals surface area (Å²) in [6.45, 7) is 4.27. The lowest BCUT2D eigenvalue weighted by Gasteiger charge is -1.99. The van der Waals surface area contributed by atoms with E-state index < -0.39 is 5.97 Å². The minimum Gasteiger partial charge on any atom is -0.481 e. The first kappa shape index (κ1) is 8.77. The largest absolute Gasteiger partial charge is 0.481 e. The predicted octanol–water partition coefficient (Wildman–Crippen LogP) is 0.975. The number of aliphatic carboxylic acids is 1. The van der Waals surface area contributed by atoms with Gasteiger partial charge in [0.15, 0.2) is 0 Å². The fourth-order valence-corrected chi connectivity index (χ4v) is 1.10. The van der Waals surface area contributed by atoms with Gasteiger partial charge in [-0.3, -0.25) is 9.48 Å². The number of rotatable bonds is 3. The monoisotopic (exact) mass is 168 g/mol. The van der Waals surface area contributed by atoms with Crippen molar-refractivity contribution >= 4 is 5.97 Å². The molecular weight excluding hydrogens is 156 g/mol. The Bertz CT molecular complexity index is 291. The molecule has 0 aliphatic rings. The standard InChI is InChI=1S/C8H12N2O2/c1-6-5-7(2)10(9-6)4-3-8(11)12/h5H,3-4H2,1-2H3,(H,11,12). The van der Waals surface area contributed by atoms with E-state index in [1.807, 2.05) is 19.9 Å². The molecule has 1 heterocycles. The van der Waals surface area contributed by atoms with Gasteiger partial charge in [-0.25, -0.2) is 0 Å². The number of carbonyl (C=O) groups is 1. The average Bonchev–Trinajstić information content (AvgIpc) is 2.26. The van der Waals surface area contributed by atoms with E-state index in [-0.39, 0.29) is 6.42 Å².